The Morgan fingerprint density at radius 1 is 1.42 bits per heavy atom. The fourth-order valence-corrected chi connectivity index (χ4v) is 0.588. The number of amides is 1. The SMILES string of the molecule is CCN(C)C(=O)CNCC(=O)O. The van der Waals surface area contributed by atoms with Crippen molar-refractivity contribution in [1.82, 2.24) is 10.2 Å². The summed E-state index contributed by atoms with van der Waals surface area (Å²) < 4.78 is 0. The molecule has 0 unspecified atom stereocenters. The van der Waals surface area contributed by atoms with Gasteiger partial charge in [0.2, 0.25) is 5.91 Å². The highest BCUT2D eigenvalue weighted by Crippen LogP contribution is 1.80. The largest absolute Gasteiger partial charge is 0.480 e. The lowest BCUT2D eigenvalue weighted by atomic mass is 10.5. The van der Waals surface area contributed by atoms with Crippen LogP contribution in [0.25, 0.3) is 0 Å². The van der Waals surface area contributed by atoms with Gasteiger partial charge in [-0.15, -0.1) is 0 Å². The second-order valence-electron chi connectivity index (χ2n) is 2.41. The van der Waals surface area contributed by atoms with Crippen LogP contribution in [0.4, 0.5) is 0 Å². The van der Waals surface area contributed by atoms with E-state index in [1.165, 1.54) is 4.90 Å². The van der Waals surface area contributed by atoms with Crippen LogP contribution in [0.3, 0.4) is 0 Å². The van der Waals surface area contributed by atoms with Gasteiger partial charge in [0.15, 0.2) is 0 Å². The van der Waals surface area contributed by atoms with E-state index < -0.39 is 5.97 Å². The van der Waals surface area contributed by atoms with E-state index >= 15 is 0 Å². The molecular weight excluding hydrogens is 160 g/mol. The van der Waals surface area contributed by atoms with Crippen molar-refractivity contribution in [3.8, 4) is 0 Å². The highest BCUT2D eigenvalue weighted by Gasteiger charge is 2.05. The number of nitrogens with zero attached hydrogens (tertiary/aromatic N) is 1. The van der Waals surface area contributed by atoms with Crippen molar-refractivity contribution in [1.29, 1.82) is 0 Å². The number of carbonyl (C=O) groups is 2. The van der Waals surface area contributed by atoms with Crippen molar-refractivity contribution in [2.75, 3.05) is 26.7 Å². The highest BCUT2D eigenvalue weighted by molar-refractivity contribution is 5.78. The minimum Gasteiger partial charge on any atom is -0.480 e. The quantitative estimate of drug-likeness (QED) is 0.569. The van der Waals surface area contributed by atoms with Gasteiger partial charge in [0.25, 0.3) is 0 Å². The molecular formula is C7H14N2O3. The zero-order valence-corrected chi connectivity index (χ0v) is 7.33. The Labute approximate surface area is 71.4 Å². The lowest BCUT2D eigenvalue weighted by Gasteiger charge is -2.13. The van der Waals surface area contributed by atoms with Gasteiger partial charge in [0.1, 0.15) is 0 Å². The van der Waals surface area contributed by atoms with Crippen LogP contribution in [0, 0.1) is 0 Å². The van der Waals surface area contributed by atoms with Gasteiger partial charge in [-0.1, -0.05) is 0 Å². The van der Waals surface area contributed by atoms with Crippen LogP contribution in [-0.4, -0.2) is 48.6 Å². The summed E-state index contributed by atoms with van der Waals surface area (Å²) in [6.07, 6.45) is 0. The van der Waals surface area contributed by atoms with Crippen LogP contribution < -0.4 is 5.32 Å². The predicted octanol–water partition coefficient (Wildman–Crippen LogP) is -0.861. The second kappa shape index (κ2) is 5.54. The van der Waals surface area contributed by atoms with E-state index in [0.717, 1.165) is 0 Å². The smallest absolute Gasteiger partial charge is 0.317 e. The molecule has 0 bridgehead atoms. The molecule has 0 aliphatic carbocycles. The van der Waals surface area contributed by atoms with E-state index in [-0.39, 0.29) is 19.0 Å². The first-order valence-electron chi connectivity index (χ1n) is 3.74. The molecule has 0 aromatic carbocycles. The third kappa shape index (κ3) is 4.68. The van der Waals surface area contributed by atoms with Gasteiger partial charge < -0.3 is 10.0 Å². The number of carboxylic acid groups (broad SMARTS) is 1. The summed E-state index contributed by atoms with van der Waals surface area (Å²) in [6.45, 7) is 2.39. The average Bonchev–Trinajstić information content (AvgIpc) is 2.02. The number of carbonyl (C=O) groups excluding carboxylic acids is 1. The molecule has 70 valence electrons. The van der Waals surface area contributed by atoms with E-state index in [9.17, 15) is 9.59 Å². The van der Waals surface area contributed by atoms with Crippen molar-refractivity contribution >= 4 is 11.9 Å². The van der Waals surface area contributed by atoms with Crippen molar-refractivity contribution in [2.24, 2.45) is 0 Å². The number of carboxylic acids is 1. The standard InChI is InChI=1S/C7H14N2O3/c1-3-9(2)6(10)4-8-5-7(11)12/h8H,3-5H2,1-2H3,(H,11,12). The van der Waals surface area contributed by atoms with Crippen molar-refractivity contribution < 1.29 is 14.7 Å². The third-order valence-corrected chi connectivity index (χ3v) is 1.45. The van der Waals surface area contributed by atoms with E-state index in [0.29, 0.717) is 6.54 Å². The van der Waals surface area contributed by atoms with Crippen molar-refractivity contribution in [3.63, 3.8) is 0 Å². The predicted molar refractivity (Wildman–Crippen MR) is 43.8 cm³/mol. The number of likely N-dealkylation sites (N-methyl/N-ethyl adjacent to an activating group) is 1. The van der Waals surface area contributed by atoms with E-state index in [1.807, 2.05) is 6.92 Å². The maximum atomic E-state index is 11.0. The zero-order valence-electron chi connectivity index (χ0n) is 7.33. The first-order chi connectivity index (χ1) is 5.57. The minimum absolute atomic E-state index is 0.0800. The number of hydrogen-bond acceptors (Lipinski definition) is 3. The van der Waals surface area contributed by atoms with Crippen LogP contribution in [0.5, 0.6) is 0 Å². The van der Waals surface area contributed by atoms with Gasteiger partial charge in [0, 0.05) is 13.6 Å². The molecule has 12 heavy (non-hydrogen) atoms. The van der Waals surface area contributed by atoms with Crippen LogP contribution in [0.2, 0.25) is 0 Å². The minimum atomic E-state index is -0.957. The number of rotatable bonds is 5. The first-order valence-corrected chi connectivity index (χ1v) is 3.74. The lowest BCUT2D eigenvalue weighted by molar-refractivity contribution is -0.136. The normalized spacial score (nSPS) is 9.50. The molecule has 0 spiro atoms. The van der Waals surface area contributed by atoms with Gasteiger partial charge in [0.05, 0.1) is 13.1 Å². The zero-order chi connectivity index (χ0) is 9.56. The molecule has 0 aromatic rings. The maximum Gasteiger partial charge on any atom is 0.317 e. The van der Waals surface area contributed by atoms with E-state index in [2.05, 4.69) is 5.32 Å². The fourth-order valence-electron chi connectivity index (χ4n) is 0.588. The fraction of sp³-hybridized carbons (Fsp3) is 0.714. The summed E-state index contributed by atoms with van der Waals surface area (Å²) in [5.74, 6) is -1.05. The Balaban J connectivity index is 3.50. The average molecular weight is 174 g/mol. The molecule has 5 nitrogen and oxygen atoms in total. The number of aliphatic carboxylic acids is 1. The van der Waals surface area contributed by atoms with Gasteiger partial charge in [-0.3, -0.25) is 14.9 Å². The molecule has 0 rings (SSSR count). The number of nitrogens with one attached hydrogen (secondary N) is 1. The van der Waals surface area contributed by atoms with Crippen LogP contribution in [0.1, 0.15) is 6.92 Å². The summed E-state index contributed by atoms with van der Waals surface area (Å²) in [4.78, 5) is 22.6. The maximum absolute atomic E-state index is 11.0. The topological polar surface area (TPSA) is 69.6 Å². The molecule has 0 aliphatic rings. The Hall–Kier alpha value is -1.10. The van der Waals surface area contributed by atoms with Crippen molar-refractivity contribution in [2.45, 2.75) is 6.92 Å². The summed E-state index contributed by atoms with van der Waals surface area (Å²) in [5.41, 5.74) is 0. The molecule has 0 aromatic heterocycles. The van der Waals surface area contributed by atoms with Crippen LogP contribution in [0.15, 0.2) is 0 Å². The Kier molecular flexibility index (Phi) is 5.03. The summed E-state index contributed by atoms with van der Waals surface area (Å²) in [7, 11) is 1.67. The molecule has 0 saturated heterocycles. The molecule has 5 heteroatoms. The Morgan fingerprint density at radius 2 is 2.00 bits per heavy atom. The Bertz CT molecular complexity index is 170. The summed E-state index contributed by atoms with van der Waals surface area (Å²) in [5, 5.41) is 10.7. The molecule has 1 amide bonds. The molecule has 0 aliphatic heterocycles. The van der Waals surface area contributed by atoms with Gasteiger partial charge >= 0.3 is 5.97 Å². The van der Waals surface area contributed by atoms with E-state index in [1.54, 1.807) is 7.05 Å². The van der Waals surface area contributed by atoms with Gasteiger partial charge in [-0.25, -0.2) is 0 Å². The van der Waals surface area contributed by atoms with Gasteiger partial charge in [-0.05, 0) is 6.92 Å². The molecule has 0 radical (unpaired) electrons. The molecule has 0 saturated carbocycles. The van der Waals surface area contributed by atoms with Gasteiger partial charge in [-0.2, -0.15) is 0 Å². The lowest BCUT2D eigenvalue weighted by Crippen LogP contribution is -2.37. The van der Waals surface area contributed by atoms with Crippen molar-refractivity contribution in [3.05, 3.63) is 0 Å². The summed E-state index contributed by atoms with van der Waals surface area (Å²) in [6, 6.07) is 0. The molecule has 0 fully saturated rings. The third-order valence-electron chi connectivity index (χ3n) is 1.45. The molecule has 0 atom stereocenters. The monoisotopic (exact) mass is 174 g/mol. The van der Waals surface area contributed by atoms with E-state index in [4.69, 9.17) is 5.11 Å². The molecule has 2 N–H and O–H groups in total. The molecule has 0 heterocycles. The summed E-state index contributed by atoms with van der Waals surface area (Å²) >= 11 is 0. The van der Waals surface area contributed by atoms with Crippen LogP contribution in [-0.2, 0) is 9.59 Å². The highest BCUT2D eigenvalue weighted by atomic mass is 16.4. The van der Waals surface area contributed by atoms with Crippen LogP contribution >= 0.6 is 0 Å². The Morgan fingerprint density at radius 3 is 2.42 bits per heavy atom. The first kappa shape index (κ1) is 10.9. The second-order valence-corrected chi connectivity index (χ2v) is 2.41. The number of hydrogen-bond donors (Lipinski definition) is 2.